The van der Waals surface area contributed by atoms with Gasteiger partial charge in [0.25, 0.3) is 11.6 Å². The smallest absolute Gasteiger partial charge is 0.271 e. The Bertz CT molecular complexity index is 874. The van der Waals surface area contributed by atoms with Crippen molar-refractivity contribution in [3.63, 3.8) is 0 Å². The van der Waals surface area contributed by atoms with Gasteiger partial charge in [0.05, 0.1) is 10.6 Å². The molecule has 0 spiro atoms. The summed E-state index contributed by atoms with van der Waals surface area (Å²) in [6.45, 7) is 3.71. The summed E-state index contributed by atoms with van der Waals surface area (Å²) in [4.78, 5) is 34.1. The van der Waals surface area contributed by atoms with Gasteiger partial charge in [-0.05, 0) is 55.3 Å². The lowest BCUT2D eigenvalue weighted by Gasteiger charge is -2.06. The van der Waals surface area contributed by atoms with Gasteiger partial charge in [-0.1, -0.05) is 13.3 Å². The Hall–Kier alpha value is -3.55. The number of anilines is 1. The molecule has 0 aliphatic rings. The van der Waals surface area contributed by atoms with Gasteiger partial charge >= 0.3 is 0 Å². The van der Waals surface area contributed by atoms with Crippen molar-refractivity contribution in [2.24, 2.45) is 5.10 Å². The van der Waals surface area contributed by atoms with Crippen LogP contribution in [0.1, 0.15) is 49.0 Å². The highest BCUT2D eigenvalue weighted by molar-refractivity contribution is 6.01. The Labute approximate surface area is 162 Å². The number of nitro benzene ring substituents is 1. The highest BCUT2D eigenvalue weighted by Crippen LogP contribution is 2.13. The molecule has 0 unspecified atom stereocenters. The summed E-state index contributed by atoms with van der Waals surface area (Å²) in [6.07, 6.45) is 2.25. The van der Waals surface area contributed by atoms with Crippen molar-refractivity contribution in [3.05, 3.63) is 69.8 Å². The predicted molar refractivity (Wildman–Crippen MR) is 107 cm³/mol. The predicted octanol–water partition coefficient (Wildman–Crippen LogP) is 3.88. The molecule has 2 aromatic carbocycles. The molecule has 2 N–H and O–H groups in total. The molecule has 0 saturated heterocycles. The van der Waals surface area contributed by atoms with Crippen LogP contribution < -0.4 is 10.7 Å². The number of unbranched alkanes of at least 4 members (excludes halogenated alkanes) is 1. The molecule has 8 heteroatoms. The first-order valence-electron chi connectivity index (χ1n) is 8.90. The van der Waals surface area contributed by atoms with E-state index in [1.54, 1.807) is 43.3 Å². The Morgan fingerprint density at radius 3 is 2.21 bits per heavy atom. The van der Waals surface area contributed by atoms with Gasteiger partial charge in [-0.2, -0.15) is 5.10 Å². The highest BCUT2D eigenvalue weighted by atomic mass is 16.6. The van der Waals surface area contributed by atoms with E-state index in [1.165, 1.54) is 12.1 Å². The number of nitrogens with one attached hydrogen (secondary N) is 2. The molecule has 2 aromatic rings. The van der Waals surface area contributed by atoms with E-state index in [-0.39, 0.29) is 11.6 Å². The normalized spacial score (nSPS) is 11.0. The molecule has 146 valence electrons. The SMILES string of the molecule is CCCCC(=O)Nc1ccc(C(=O)N/N=C(/C)c2ccc([N+](=O)[O-])cc2)cc1. The van der Waals surface area contributed by atoms with Crippen molar-refractivity contribution in [3.8, 4) is 0 Å². The van der Waals surface area contributed by atoms with Crippen molar-refractivity contribution >= 4 is 28.9 Å². The van der Waals surface area contributed by atoms with Gasteiger partial charge in [0.1, 0.15) is 0 Å². The number of hydrogen-bond acceptors (Lipinski definition) is 5. The number of nitrogens with zero attached hydrogens (tertiary/aromatic N) is 2. The van der Waals surface area contributed by atoms with Gasteiger partial charge < -0.3 is 5.32 Å². The zero-order chi connectivity index (χ0) is 20.5. The Morgan fingerprint density at radius 1 is 1.04 bits per heavy atom. The summed E-state index contributed by atoms with van der Waals surface area (Å²) < 4.78 is 0. The van der Waals surface area contributed by atoms with Crippen molar-refractivity contribution in [1.82, 2.24) is 5.43 Å². The van der Waals surface area contributed by atoms with Crippen LogP contribution in [0, 0.1) is 10.1 Å². The van der Waals surface area contributed by atoms with Crippen LogP contribution >= 0.6 is 0 Å². The van der Waals surface area contributed by atoms with Crippen LogP contribution in [0.15, 0.2) is 53.6 Å². The quantitative estimate of drug-likeness (QED) is 0.410. The maximum Gasteiger partial charge on any atom is 0.271 e. The number of amides is 2. The second-order valence-corrected chi connectivity index (χ2v) is 6.17. The molecule has 0 fully saturated rings. The molecule has 2 rings (SSSR count). The lowest BCUT2D eigenvalue weighted by Crippen LogP contribution is -2.19. The monoisotopic (exact) mass is 382 g/mol. The highest BCUT2D eigenvalue weighted by Gasteiger charge is 2.08. The van der Waals surface area contributed by atoms with E-state index >= 15 is 0 Å². The van der Waals surface area contributed by atoms with Crippen LogP contribution in [0.2, 0.25) is 0 Å². The molecule has 8 nitrogen and oxygen atoms in total. The first-order valence-corrected chi connectivity index (χ1v) is 8.90. The maximum atomic E-state index is 12.2. The van der Waals surface area contributed by atoms with Crippen molar-refractivity contribution in [2.45, 2.75) is 33.1 Å². The van der Waals surface area contributed by atoms with Crippen LogP contribution in [0.5, 0.6) is 0 Å². The molecule has 0 heterocycles. The zero-order valence-electron chi connectivity index (χ0n) is 15.8. The molecule has 0 radical (unpaired) electrons. The molecule has 28 heavy (non-hydrogen) atoms. The van der Waals surface area contributed by atoms with E-state index < -0.39 is 10.8 Å². The number of carbonyl (C=O) groups is 2. The summed E-state index contributed by atoms with van der Waals surface area (Å²) in [5.74, 6) is -0.451. The van der Waals surface area contributed by atoms with Gasteiger partial charge in [0.15, 0.2) is 0 Å². The van der Waals surface area contributed by atoms with Crippen molar-refractivity contribution in [1.29, 1.82) is 0 Å². The summed E-state index contributed by atoms with van der Waals surface area (Å²) in [5.41, 5.74) is 4.64. The van der Waals surface area contributed by atoms with Crippen LogP contribution in [-0.4, -0.2) is 22.4 Å². The second-order valence-electron chi connectivity index (χ2n) is 6.17. The Kier molecular flexibility index (Phi) is 7.38. The Morgan fingerprint density at radius 2 is 1.64 bits per heavy atom. The molecule has 0 aliphatic heterocycles. The standard InChI is InChI=1S/C20H22N4O4/c1-3-4-5-19(25)21-17-10-6-16(7-11-17)20(26)23-22-14(2)15-8-12-18(13-9-15)24(27)28/h6-13H,3-5H2,1-2H3,(H,21,25)(H,23,26)/b22-14-. The topological polar surface area (TPSA) is 114 Å². The lowest BCUT2D eigenvalue weighted by molar-refractivity contribution is -0.384. The van der Waals surface area contributed by atoms with Crippen molar-refractivity contribution < 1.29 is 14.5 Å². The summed E-state index contributed by atoms with van der Waals surface area (Å²) in [5, 5.41) is 17.5. The first-order chi connectivity index (χ1) is 13.4. The molecular formula is C20H22N4O4. The lowest BCUT2D eigenvalue weighted by atomic mass is 10.1. The van der Waals surface area contributed by atoms with Crippen LogP contribution in [0.3, 0.4) is 0 Å². The average Bonchev–Trinajstić information content (AvgIpc) is 2.70. The number of hydrogen-bond donors (Lipinski definition) is 2. The van der Waals surface area contributed by atoms with E-state index in [1.807, 2.05) is 6.92 Å². The summed E-state index contributed by atoms with van der Waals surface area (Å²) >= 11 is 0. The minimum Gasteiger partial charge on any atom is -0.326 e. The van der Waals surface area contributed by atoms with E-state index in [0.29, 0.717) is 28.9 Å². The van der Waals surface area contributed by atoms with Gasteiger partial charge in [-0.3, -0.25) is 19.7 Å². The number of carbonyl (C=O) groups excluding carboxylic acids is 2. The minimum absolute atomic E-state index is 0.0116. The number of nitro groups is 1. The number of non-ortho nitro benzene ring substituents is 1. The van der Waals surface area contributed by atoms with Gasteiger partial charge in [0, 0.05) is 29.8 Å². The first kappa shape index (κ1) is 20.8. The van der Waals surface area contributed by atoms with Gasteiger partial charge in [-0.25, -0.2) is 5.43 Å². The van der Waals surface area contributed by atoms with Gasteiger partial charge in [0.2, 0.25) is 5.91 Å². The maximum absolute atomic E-state index is 12.2. The molecular weight excluding hydrogens is 360 g/mol. The molecule has 0 atom stereocenters. The third-order valence-corrected chi connectivity index (χ3v) is 4.01. The van der Waals surface area contributed by atoms with Gasteiger partial charge in [-0.15, -0.1) is 0 Å². The number of rotatable bonds is 8. The van der Waals surface area contributed by atoms with E-state index in [9.17, 15) is 19.7 Å². The summed E-state index contributed by atoms with van der Waals surface area (Å²) in [7, 11) is 0. The fraction of sp³-hybridized carbons (Fsp3) is 0.250. The van der Waals surface area contributed by atoms with Crippen LogP contribution in [0.4, 0.5) is 11.4 Å². The molecule has 0 saturated carbocycles. The fourth-order valence-electron chi connectivity index (χ4n) is 2.35. The number of hydrazone groups is 1. The molecule has 2 amide bonds. The van der Waals surface area contributed by atoms with E-state index in [4.69, 9.17) is 0 Å². The molecule has 0 aliphatic carbocycles. The second kappa shape index (κ2) is 9.96. The van der Waals surface area contributed by atoms with E-state index in [0.717, 1.165) is 12.8 Å². The molecule has 0 aromatic heterocycles. The molecule has 0 bridgehead atoms. The fourth-order valence-corrected chi connectivity index (χ4v) is 2.35. The minimum atomic E-state index is -0.478. The third-order valence-electron chi connectivity index (χ3n) is 4.01. The Balaban J connectivity index is 1.95. The van der Waals surface area contributed by atoms with E-state index in [2.05, 4.69) is 15.8 Å². The average molecular weight is 382 g/mol. The number of benzene rings is 2. The summed E-state index contributed by atoms with van der Waals surface area (Å²) in [6, 6.07) is 12.4. The third kappa shape index (κ3) is 6.01. The van der Waals surface area contributed by atoms with Crippen molar-refractivity contribution in [2.75, 3.05) is 5.32 Å². The van der Waals surface area contributed by atoms with Crippen LogP contribution in [0.25, 0.3) is 0 Å². The van der Waals surface area contributed by atoms with Crippen LogP contribution in [-0.2, 0) is 4.79 Å². The zero-order valence-corrected chi connectivity index (χ0v) is 15.8. The largest absolute Gasteiger partial charge is 0.326 e.